The second-order valence-corrected chi connectivity index (χ2v) is 7.81. The topological polar surface area (TPSA) is 121 Å². The molecule has 0 radical (unpaired) electrons. The maximum Gasteiger partial charge on any atom is 0.414 e. The quantitative estimate of drug-likeness (QED) is 0.461. The van der Waals surface area contributed by atoms with E-state index in [2.05, 4.69) is 15.0 Å². The standard InChI is InChI=1S/C20H23F2N5O6/c21-19(22)33-15-3-1-14(2-4-15)32-16-5-7-25(8-6-16)11-18(28)23-13-9-26-10-17(27(29)30)24-20(26)31-12-13/h1-4,10,13,16,19H,5-9,11-12H2,(H,23,28)/t13-/m0/s1. The van der Waals surface area contributed by atoms with Gasteiger partial charge in [0.05, 0.1) is 19.1 Å². The number of rotatable bonds is 8. The van der Waals surface area contributed by atoms with E-state index < -0.39 is 11.5 Å². The van der Waals surface area contributed by atoms with E-state index in [1.165, 1.54) is 22.9 Å². The van der Waals surface area contributed by atoms with Gasteiger partial charge in [-0.3, -0.25) is 14.3 Å². The molecule has 0 saturated carbocycles. The lowest BCUT2D eigenvalue weighted by Crippen LogP contribution is -2.49. The Morgan fingerprint density at radius 1 is 1.27 bits per heavy atom. The molecule has 0 bridgehead atoms. The van der Waals surface area contributed by atoms with Crippen LogP contribution in [0.25, 0.3) is 0 Å². The van der Waals surface area contributed by atoms with Gasteiger partial charge in [0.15, 0.2) is 0 Å². The molecule has 2 aromatic rings. The zero-order valence-corrected chi connectivity index (χ0v) is 17.6. The predicted molar refractivity (Wildman–Crippen MR) is 109 cm³/mol. The summed E-state index contributed by atoms with van der Waals surface area (Å²) in [6.45, 7) is -0.767. The van der Waals surface area contributed by atoms with E-state index in [0.717, 1.165) is 12.8 Å². The lowest BCUT2D eigenvalue weighted by Gasteiger charge is -2.32. The number of fused-ring (bicyclic) bond motifs is 1. The molecule has 1 aromatic carbocycles. The van der Waals surface area contributed by atoms with Crippen LogP contribution in [0.15, 0.2) is 30.5 Å². The number of nitrogens with zero attached hydrogens (tertiary/aromatic N) is 4. The summed E-state index contributed by atoms with van der Waals surface area (Å²) in [5.74, 6) is 0.198. The minimum atomic E-state index is -2.87. The molecule has 11 nitrogen and oxygen atoms in total. The Labute approximate surface area is 187 Å². The number of nitro groups is 1. The van der Waals surface area contributed by atoms with Gasteiger partial charge in [-0.05, 0) is 42.0 Å². The number of ether oxygens (including phenoxy) is 3. The molecule has 13 heteroatoms. The van der Waals surface area contributed by atoms with Crippen molar-refractivity contribution in [1.29, 1.82) is 0 Å². The number of carbonyl (C=O) groups is 1. The third-order valence-corrected chi connectivity index (χ3v) is 5.36. The number of imidazole rings is 1. The third kappa shape index (κ3) is 6.06. The fourth-order valence-electron chi connectivity index (χ4n) is 3.83. The average molecular weight is 467 g/mol. The molecule has 1 aromatic heterocycles. The first kappa shape index (κ1) is 22.7. The Kier molecular flexibility index (Phi) is 6.87. The van der Waals surface area contributed by atoms with E-state index in [-0.39, 0.29) is 48.8 Å². The fraction of sp³-hybridized carbons (Fsp3) is 0.500. The van der Waals surface area contributed by atoms with Crippen LogP contribution in [-0.4, -0.2) is 70.3 Å². The summed E-state index contributed by atoms with van der Waals surface area (Å²) >= 11 is 0. The highest BCUT2D eigenvalue weighted by molar-refractivity contribution is 5.78. The Morgan fingerprint density at radius 2 is 1.97 bits per heavy atom. The van der Waals surface area contributed by atoms with Crippen LogP contribution in [0, 0.1) is 10.1 Å². The number of alkyl halides is 2. The second kappa shape index (κ2) is 9.98. The molecule has 1 saturated heterocycles. The van der Waals surface area contributed by atoms with Crippen molar-refractivity contribution in [3.05, 3.63) is 40.6 Å². The van der Waals surface area contributed by atoms with Crippen LogP contribution in [0.3, 0.4) is 0 Å². The van der Waals surface area contributed by atoms with E-state index in [1.807, 2.05) is 4.90 Å². The van der Waals surface area contributed by atoms with Gasteiger partial charge in [-0.1, -0.05) is 0 Å². The normalized spacial score (nSPS) is 18.9. The number of benzene rings is 1. The highest BCUT2D eigenvalue weighted by atomic mass is 19.3. The van der Waals surface area contributed by atoms with Crippen molar-refractivity contribution >= 4 is 11.7 Å². The highest BCUT2D eigenvalue weighted by Gasteiger charge is 2.29. The minimum absolute atomic E-state index is 0.0339. The number of halogens is 2. The van der Waals surface area contributed by atoms with Crippen LogP contribution < -0.4 is 19.5 Å². The summed E-state index contributed by atoms with van der Waals surface area (Å²) in [6, 6.07) is 5.90. The fourth-order valence-corrected chi connectivity index (χ4v) is 3.83. The van der Waals surface area contributed by atoms with Crippen LogP contribution in [0.5, 0.6) is 17.5 Å². The Bertz CT molecular complexity index is 978. The zero-order chi connectivity index (χ0) is 23.4. The molecule has 0 spiro atoms. The SMILES string of the molecule is O=C(CN1CCC(Oc2ccc(OC(F)F)cc2)CC1)N[C@@H]1COc2nc([N+](=O)[O-])cn2C1. The van der Waals surface area contributed by atoms with E-state index in [0.29, 0.717) is 25.4 Å². The van der Waals surface area contributed by atoms with Crippen molar-refractivity contribution in [3.63, 3.8) is 0 Å². The van der Waals surface area contributed by atoms with E-state index in [9.17, 15) is 23.7 Å². The molecule has 1 N–H and O–H groups in total. The first-order valence-electron chi connectivity index (χ1n) is 10.4. The molecular formula is C20H23F2N5O6. The van der Waals surface area contributed by atoms with E-state index >= 15 is 0 Å². The van der Waals surface area contributed by atoms with Gasteiger partial charge >= 0.3 is 18.4 Å². The number of amides is 1. The number of hydrogen-bond donors (Lipinski definition) is 1. The molecule has 1 fully saturated rings. The van der Waals surface area contributed by atoms with Gasteiger partial charge in [0.2, 0.25) is 5.91 Å². The van der Waals surface area contributed by atoms with Gasteiger partial charge in [-0.2, -0.15) is 8.78 Å². The lowest BCUT2D eigenvalue weighted by molar-refractivity contribution is -0.389. The summed E-state index contributed by atoms with van der Waals surface area (Å²) in [7, 11) is 0. The molecule has 2 aliphatic rings. The molecular weight excluding hydrogens is 444 g/mol. The van der Waals surface area contributed by atoms with Crippen LogP contribution in [-0.2, 0) is 11.3 Å². The molecule has 3 heterocycles. The van der Waals surface area contributed by atoms with Gasteiger partial charge < -0.3 is 29.6 Å². The Hall–Kier alpha value is -3.48. The Morgan fingerprint density at radius 3 is 2.64 bits per heavy atom. The predicted octanol–water partition coefficient (Wildman–Crippen LogP) is 1.81. The summed E-state index contributed by atoms with van der Waals surface area (Å²) in [6.07, 6.45) is 2.69. The van der Waals surface area contributed by atoms with Crippen molar-refractivity contribution in [1.82, 2.24) is 19.8 Å². The highest BCUT2D eigenvalue weighted by Crippen LogP contribution is 2.23. The zero-order valence-electron chi connectivity index (χ0n) is 17.6. The maximum absolute atomic E-state index is 12.4. The van der Waals surface area contributed by atoms with Crippen molar-refractivity contribution in [2.24, 2.45) is 0 Å². The maximum atomic E-state index is 12.4. The molecule has 1 atom stereocenters. The van der Waals surface area contributed by atoms with Gasteiger partial charge in [0.25, 0.3) is 0 Å². The van der Waals surface area contributed by atoms with Crippen molar-refractivity contribution < 1.29 is 32.7 Å². The molecule has 178 valence electrons. The summed E-state index contributed by atoms with van der Waals surface area (Å²) < 4.78 is 41.6. The first-order chi connectivity index (χ1) is 15.9. The number of hydrogen-bond acceptors (Lipinski definition) is 8. The van der Waals surface area contributed by atoms with Crippen molar-refractivity contribution in [2.75, 3.05) is 26.2 Å². The van der Waals surface area contributed by atoms with Gasteiger partial charge in [-0.15, -0.1) is 0 Å². The van der Waals surface area contributed by atoms with Crippen molar-refractivity contribution in [2.45, 2.75) is 38.1 Å². The Balaban J connectivity index is 1.18. The first-order valence-corrected chi connectivity index (χ1v) is 10.4. The molecule has 33 heavy (non-hydrogen) atoms. The largest absolute Gasteiger partial charge is 0.490 e. The van der Waals surface area contributed by atoms with Crippen LogP contribution in [0.2, 0.25) is 0 Å². The number of piperidine rings is 1. The number of nitrogens with one attached hydrogen (secondary N) is 1. The van der Waals surface area contributed by atoms with Gasteiger partial charge in [-0.25, -0.2) is 0 Å². The van der Waals surface area contributed by atoms with Gasteiger partial charge in [0, 0.05) is 18.1 Å². The molecule has 0 aliphatic carbocycles. The van der Waals surface area contributed by atoms with E-state index in [1.54, 1.807) is 12.1 Å². The second-order valence-electron chi connectivity index (χ2n) is 7.81. The lowest BCUT2D eigenvalue weighted by atomic mass is 10.1. The summed E-state index contributed by atoms with van der Waals surface area (Å²) in [5, 5.41) is 13.7. The smallest absolute Gasteiger partial charge is 0.414 e. The number of likely N-dealkylation sites (tertiary alicyclic amines) is 1. The monoisotopic (exact) mass is 467 g/mol. The van der Waals surface area contributed by atoms with Crippen LogP contribution in [0.4, 0.5) is 14.6 Å². The molecule has 0 unspecified atom stereocenters. The van der Waals surface area contributed by atoms with Crippen LogP contribution >= 0.6 is 0 Å². The summed E-state index contributed by atoms with van der Waals surface area (Å²) in [5.41, 5.74) is 0. The number of carbonyl (C=O) groups excluding carboxylic acids is 1. The number of aromatic nitrogens is 2. The van der Waals surface area contributed by atoms with Gasteiger partial charge in [0.1, 0.15) is 30.4 Å². The average Bonchev–Trinajstić information content (AvgIpc) is 3.20. The minimum Gasteiger partial charge on any atom is -0.490 e. The molecule has 4 rings (SSSR count). The third-order valence-electron chi connectivity index (χ3n) is 5.36. The van der Waals surface area contributed by atoms with Crippen molar-refractivity contribution in [3.8, 4) is 17.5 Å². The van der Waals surface area contributed by atoms with Crippen LogP contribution in [0.1, 0.15) is 12.8 Å². The molecule has 1 amide bonds. The van der Waals surface area contributed by atoms with E-state index in [4.69, 9.17) is 9.47 Å². The summed E-state index contributed by atoms with van der Waals surface area (Å²) in [4.78, 5) is 28.5. The molecule has 2 aliphatic heterocycles.